The van der Waals surface area contributed by atoms with Crippen LogP contribution in [0.2, 0.25) is 0 Å². The van der Waals surface area contributed by atoms with E-state index >= 15 is 0 Å². The zero-order valence-electron chi connectivity index (χ0n) is 10.4. The molecule has 0 amide bonds. The van der Waals surface area contributed by atoms with Gasteiger partial charge in [0, 0.05) is 19.6 Å². The van der Waals surface area contributed by atoms with E-state index in [0.29, 0.717) is 30.8 Å². The van der Waals surface area contributed by atoms with E-state index in [2.05, 4.69) is 24.0 Å². The molecule has 0 spiro atoms. The van der Waals surface area contributed by atoms with Crippen molar-refractivity contribution in [3.05, 3.63) is 11.7 Å². The average Bonchev–Trinajstić information content (AvgIpc) is 2.65. The first-order chi connectivity index (χ1) is 7.67. The second-order valence-electron chi connectivity index (χ2n) is 3.89. The van der Waals surface area contributed by atoms with Crippen LogP contribution >= 0.6 is 0 Å². The highest BCUT2D eigenvalue weighted by atomic mass is 16.7. The van der Waals surface area contributed by atoms with Crippen LogP contribution in [-0.4, -0.2) is 23.4 Å². The first kappa shape index (κ1) is 13.1. The molecule has 1 aromatic rings. The molecule has 0 aliphatic carbocycles. The van der Waals surface area contributed by atoms with Crippen molar-refractivity contribution in [1.29, 1.82) is 0 Å². The lowest BCUT2D eigenvalue weighted by Crippen LogP contribution is -2.09. The van der Waals surface area contributed by atoms with Crippen molar-refractivity contribution in [1.82, 2.24) is 10.1 Å². The molecular weight excluding hydrogens is 208 g/mol. The van der Waals surface area contributed by atoms with Crippen LogP contribution in [0.25, 0.3) is 0 Å². The first-order valence-electron chi connectivity index (χ1n) is 5.73. The Kier molecular flexibility index (Phi) is 5.42. The Morgan fingerprint density at radius 3 is 2.31 bits per heavy atom. The van der Waals surface area contributed by atoms with Gasteiger partial charge in [0.1, 0.15) is 0 Å². The zero-order valence-corrected chi connectivity index (χ0v) is 10.4. The molecule has 1 heterocycles. The van der Waals surface area contributed by atoms with Gasteiger partial charge in [-0.2, -0.15) is 4.98 Å². The van der Waals surface area contributed by atoms with Crippen LogP contribution in [-0.2, 0) is 15.9 Å². The van der Waals surface area contributed by atoms with E-state index < -0.39 is 6.29 Å². The number of rotatable bonds is 7. The molecule has 0 unspecified atom stereocenters. The monoisotopic (exact) mass is 228 g/mol. The number of nitrogens with zero attached hydrogens (tertiary/aromatic N) is 2. The summed E-state index contributed by atoms with van der Waals surface area (Å²) in [6.45, 7) is 9.12. The number of hydrogen-bond donors (Lipinski definition) is 0. The maximum absolute atomic E-state index is 5.37. The summed E-state index contributed by atoms with van der Waals surface area (Å²) in [5, 5.41) is 3.90. The normalized spacial score (nSPS) is 11.6. The standard InChI is InChI=1S/C11H20N2O3/c1-5-14-11(15-6-2)10-12-9(13-16-10)7-8(3)4/h8,11H,5-7H2,1-4H3. The van der Waals surface area contributed by atoms with Gasteiger partial charge in [0.2, 0.25) is 6.29 Å². The number of ether oxygens (including phenoxy) is 2. The predicted molar refractivity (Wildman–Crippen MR) is 58.8 cm³/mol. The topological polar surface area (TPSA) is 57.4 Å². The summed E-state index contributed by atoms with van der Waals surface area (Å²) >= 11 is 0. The van der Waals surface area contributed by atoms with E-state index in [9.17, 15) is 0 Å². The fraction of sp³-hybridized carbons (Fsp3) is 0.818. The summed E-state index contributed by atoms with van der Waals surface area (Å²) in [6, 6.07) is 0. The molecule has 0 saturated carbocycles. The Balaban J connectivity index is 2.65. The Morgan fingerprint density at radius 1 is 1.19 bits per heavy atom. The van der Waals surface area contributed by atoms with Crippen molar-refractivity contribution >= 4 is 0 Å². The van der Waals surface area contributed by atoms with Gasteiger partial charge < -0.3 is 14.0 Å². The minimum Gasteiger partial charge on any atom is -0.345 e. The highest BCUT2D eigenvalue weighted by Crippen LogP contribution is 2.17. The number of aromatic nitrogens is 2. The molecule has 1 aromatic heterocycles. The first-order valence-corrected chi connectivity index (χ1v) is 5.73. The molecular formula is C11H20N2O3. The molecule has 0 bridgehead atoms. The maximum Gasteiger partial charge on any atom is 0.283 e. The lowest BCUT2D eigenvalue weighted by molar-refractivity contribution is -0.155. The molecule has 5 heteroatoms. The van der Waals surface area contributed by atoms with Gasteiger partial charge >= 0.3 is 0 Å². The van der Waals surface area contributed by atoms with Crippen LogP contribution in [0.3, 0.4) is 0 Å². The molecule has 0 aliphatic rings. The molecule has 0 radical (unpaired) electrons. The summed E-state index contributed by atoms with van der Waals surface area (Å²) in [6.07, 6.45) is 0.262. The van der Waals surface area contributed by atoms with E-state index in [4.69, 9.17) is 14.0 Å². The van der Waals surface area contributed by atoms with Gasteiger partial charge in [0.25, 0.3) is 5.89 Å². The van der Waals surface area contributed by atoms with E-state index in [-0.39, 0.29) is 0 Å². The summed E-state index contributed by atoms with van der Waals surface area (Å²) in [5.74, 6) is 1.61. The van der Waals surface area contributed by atoms with Crippen molar-refractivity contribution < 1.29 is 14.0 Å². The molecule has 0 saturated heterocycles. The Bertz CT molecular complexity index is 293. The Hall–Kier alpha value is -0.940. The lowest BCUT2D eigenvalue weighted by Gasteiger charge is -2.11. The highest BCUT2D eigenvalue weighted by molar-refractivity contribution is 4.88. The Labute approximate surface area is 96.1 Å². The highest BCUT2D eigenvalue weighted by Gasteiger charge is 2.19. The molecule has 1 rings (SSSR count). The van der Waals surface area contributed by atoms with Crippen LogP contribution in [0.1, 0.15) is 45.7 Å². The van der Waals surface area contributed by atoms with E-state index in [1.54, 1.807) is 0 Å². The van der Waals surface area contributed by atoms with E-state index in [1.165, 1.54) is 0 Å². The molecule has 0 aliphatic heterocycles. The minimum absolute atomic E-state index is 0.402. The van der Waals surface area contributed by atoms with Crippen molar-refractivity contribution in [2.75, 3.05) is 13.2 Å². The van der Waals surface area contributed by atoms with Crippen molar-refractivity contribution in [2.45, 2.75) is 40.4 Å². The smallest absolute Gasteiger partial charge is 0.283 e. The maximum atomic E-state index is 5.37. The van der Waals surface area contributed by atoms with E-state index in [1.807, 2.05) is 13.8 Å². The zero-order chi connectivity index (χ0) is 12.0. The van der Waals surface area contributed by atoms with Gasteiger partial charge in [0.05, 0.1) is 0 Å². The van der Waals surface area contributed by atoms with Crippen LogP contribution in [0.5, 0.6) is 0 Å². The van der Waals surface area contributed by atoms with Crippen LogP contribution in [0, 0.1) is 5.92 Å². The molecule has 0 atom stereocenters. The fourth-order valence-corrected chi connectivity index (χ4v) is 1.30. The van der Waals surface area contributed by atoms with Crippen molar-refractivity contribution in [2.24, 2.45) is 5.92 Å². The minimum atomic E-state index is -0.539. The van der Waals surface area contributed by atoms with Crippen molar-refractivity contribution in [3.63, 3.8) is 0 Å². The lowest BCUT2D eigenvalue weighted by atomic mass is 10.1. The predicted octanol–water partition coefficient (Wildman–Crippen LogP) is 2.34. The SMILES string of the molecule is CCOC(OCC)c1nc(CC(C)C)no1. The summed E-state index contributed by atoms with van der Waals surface area (Å²) in [4.78, 5) is 4.26. The third-order valence-corrected chi connectivity index (χ3v) is 1.91. The molecule has 0 fully saturated rings. The fourth-order valence-electron chi connectivity index (χ4n) is 1.30. The molecule has 5 nitrogen and oxygen atoms in total. The molecule has 0 aromatic carbocycles. The molecule has 92 valence electrons. The summed E-state index contributed by atoms with van der Waals surface area (Å²) in [5.41, 5.74) is 0. The third kappa shape index (κ3) is 3.90. The van der Waals surface area contributed by atoms with Gasteiger partial charge in [-0.25, -0.2) is 0 Å². The summed E-state index contributed by atoms with van der Waals surface area (Å²) < 4.78 is 15.9. The van der Waals surface area contributed by atoms with Gasteiger partial charge in [-0.05, 0) is 19.8 Å². The van der Waals surface area contributed by atoms with Gasteiger partial charge in [-0.3, -0.25) is 0 Å². The molecule has 16 heavy (non-hydrogen) atoms. The quantitative estimate of drug-likeness (QED) is 0.670. The Morgan fingerprint density at radius 2 is 1.81 bits per heavy atom. The van der Waals surface area contributed by atoms with Gasteiger partial charge in [-0.1, -0.05) is 19.0 Å². The summed E-state index contributed by atoms with van der Waals surface area (Å²) in [7, 11) is 0. The second kappa shape index (κ2) is 6.60. The largest absolute Gasteiger partial charge is 0.345 e. The third-order valence-electron chi connectivity index (χ3n) is 1.91. The van der Waals surface area contributed by atoms with Crippen LogP contribution in [0.15, 0.2) is 4.52 Å². The van der Waals surface area contributed by atoms with Crippen molar-refractivity contribution in [3.8, 4) is 0 Å². The second-order valence-corrected chi connectivity index (χ2v) is 3.89. The van der Waals surface area contributed by atoms with Crippen LogP contribution in [0.4, 0.5) is 0 Å². The average molecular weight is 228 g/mol. The van der Waals surface area contributed by atoms with Gasteiger partial charge in [0.15, 0.2) is 5.82 Å². The molecule has 0 N–H and O–H groups in total. The van der Waals surface area contributed by atoms with E-state index in [0.717, 1.165) is 6.42 Å². The number of hydrogen-bond acceptors (Lipinski definition) is 5. The van der Waals surface area contributed by atoms with Crippen LogP contribution < -0.4 is 0 Å². The van der Waals surface area contributed by atoms with Gasteiger partial charge in [-0.15, -0.1) is 0 Å².